The van der Waals surface area contributed by atoms with Crippen molar-refractivity contribution in [3.05, 3.63) is 69.7 Å². The first kappa shape index (κ1) is 15.6. The standard InChI is InChI=1S/C16H13Cl2NO2/c17-14-3-1-2-12(16(14)18)6-9-15(21)19-13-7-4-11(10-20)5-8-13/h1-9,20H,10H2,(H,19,21). The molecule has 0 unspecified atom stereocenters. The molecule has 0 fully saturated rings. The molecular weight excluding hydrogens is 309 g/mol. The number of hydrogen-bond acceptors (Lipinski definition) is 2. The molecule has 21 heavy (non-hydrogen) atoms. The summed E-state index contributed by atoms with van der Waals surface area (Å²) in [5.74, 6) is -0.275. The Bertz CT molecular complexity index is 666. The molecule has 2 aromatic carbocycles. The minimum Gasteiger partial charge on any atom is -0.392 e. The maximum absolute atomic E-state index is 11.8. The molecule has 0 atom stereocenters. The Hall–Kier alpha value is -1.81. The topological polar surface area (TPSA) is 49.3 Å². The summed E-state index contributed by atoms with van der Waals surface area (Å²) in [5, 5.41) is 12.5. The number of amides is 1. The van der Waals surface area contributed by atoms with Crippen molar-refractivity contribution in [2.75, 3.05) is 5.32 Å². The van der Waals surface area contributed by atoms with Crippen LogP contribution in [0.15, 0.2) is 48.5 Å². The molecule has 2 rings (SSSR count). The molecular formula is C16H13Cl2NO2. The Morgan fingerprint density at radius 1 is 1.14 bits per heavy atom. The number of benzene rings is 2. The Kier molecular flexibility index (Phi) is 5.39. The maximum atomic E-state index is 11.8. The van der Waals surface area contributed by atoms with Gasteiger partial charge in [0.25, 0.3) is 0 Å². The van der Waals surface area contributed by atoms with Crippen molar-refractivity contribution < 1.29 is 9.90 Å². The Labute approximate surface area is 132 Å². The van der Waals surface area contributed by atoms with Crippen LogP contribution in [0.2, 0.25) is 10.0 Å². The van der Waals surface area contributed by atoms with Crippen LogP contribution in [-0.4, -0.2) is 11.0 Å². The minimum atomic E-state index is -0.275. The van der Waals surface area contributed by atoms with Crippen LogP contribution in [0.5, 0.6) is 0 Å². The highest BCUT2D eigenvalue weighted by Gasteiger charge is 2.02. The Balaban J connectivity index is 2.03. The van der Waals surface area contributed by atoms with Crippen molar-refractivity contribution in [1.82, 2.24) is 0 Å². The van der Waals surface area contributed by atoms with Gasteiger partial charge in [-0.15, -0.1) is 0 Å². The molecule has 0 heterocycles. The van der Waals surface area contributed by atoms with E-state index in [-0.39, 0.29) is 12.5 Å². The van der Waals surface area contributed by atoms with Crippen molar-refractivity contribution in [3.8, 4) is 0 Å². The molecule has 0 aliphatic carbocycles. The smallest absolute Gasteiger partial charge is 0.248 e. The molecule has 0 saturated heterocycles. The number of aliphatic hydroxyl groups is 1. The molecule has 2 aromatic rings. The number of aliphatic hydroxyl groups excluding tert-OH is 1. The third-order valence-corrected chi connectivity index (χ3v) is 3.63. The van der Waals surface area contributed by atoms with Crippen molar-refractivity contribution >= 4 is 40.9 Å². The van der Waals surface area contributed by atoms with E-state index in [1.165, 1.54) is 6.08 Å². The summed E-state index contributed by atoms with van der Waals surface area (Å²) in [6, 6.07) is 12.2. The van der Waals surface area contributed by atoms with E-state index in [4.69, 9.17) is 28.3 Å². The number of rotatable bonds is 4. The van der Waals surface area contributed by atoms with Gasteiger partial charge in [0.2, 0.25) is 5.91 Å². The van der Waals surface area contributed by atoms with E-state index in [2.05, 4.69) is 5.32 Å². The van der Waals surface area contributed by atoms with E-state index in [0.717, 1.165) is 5.56 Å². The lowest BCUT2D eigenvalue weighted by atomic mass is 10.2. The summed E-state index contributed by atoms with van der Waals surface area (Å²) in [6.45, 7) is -0.0264. The van der Waals surface area contributed by atoms with Gasteiger partial charge in [0.15, 0.2) is 0 Å². The third-order valence-electron chi connectivity index (χ3n) is 2.80. The van der Waals surface area contributed by atoms with Gasteiger partial charge in [0.05, 0.1) is 16.7 Å². The predicted octanol–water partition coefficient (Wildman–Crippen LogP) is 4.14. The highest BCUT2D eigenvalue weighted by atomic mass is 35.5. The van der Waals surface area contributed by atoms with E-state index in [1.54, 1.807) is 48.5 Å². The number of carbonyl (C=O) groups excluding carboxylic acids is 1. The van der Waals surface area contributed by atoms with Crippen LogP contribution in [0.25, 0.3) is 6.08 Å². The SMILES string of the molecule is O=C(C=Cc1cccc(Cl)c1Cl)Nc1ccc(CO)cc1. The van der Waals surface area contributed by atoms with Gasteiger partial charge in [-0.25, -0.2) is 0 Å². The first-order valence-electron chi connectivity index (χ1n) is 6.23. The molecule has 0 aliphatic rings. The first-order valence-corrected chi connectivity index (χ1v) is 6.98. The lowest BCUT2D eigenvalue weighted by Crippen LogP contribution is -2.07. The third kappa shape index (κ3) is 4.33. The van der Waals surface area contributed by atoms with Crippen molar-refractivity contribution in [1.29, 1.82) is 0 Å². The first-order chi connectivity index (χ1) is 10.1. The second kappa shape index (κ2) is 7.27. The number of carbonyl (C=O) groups is 1. The van der Waals surface area contributed by atoms with E-state index >= 15 is 0 Å². The van der Waals surface area contributed by atoms with Gasteiger partial charge in [-0.2, -0.15) is 0 Å². The summed E-state index contributed by atoms with van der Waals surface area (Å²) in [4.78, 5) is 11.8. The van der Waals surface area contributed by atoms with Crippen LogP contribution in [0.1, 0.15) is 11.1 Å². The van der Waals surface area contributed by atoms with Gasteiger partial charge in [-0.3, -0.25) is 4.79 Å². The van der Waals surface area contributed by atoms with E-state index in [1.807, 2.05) is 0 Å². The molecule has 2 N–H and O–H groups in total. The molecule has 1 amide bonds. The molecule has 0 spiro atoms. The fourth-order valence-corrected chi connectivity index (χ4v) is 2.06. The lowest BCUT2D eigenvalue weighted by molar-refractivity contribution is -0.111. The zero-order valence-electron chi connectivity index (χ0n) is 11.0. The highest BCUT2D eigenvalue weighted by Crippen LogP contribution is 2.26. The van der Waals surface area contributed by atoms with Gasteiger partial charge >= 0.3 is 0 Å². The zero-order valence-corrected chi connectivity index (χ0v) is 12.5. The predicted molar refractivity (Wildman–Crippen MR) is 86.5 cm³/mol. The maximum Gasteiger partial charge on any atom is 0.248 e. The van der Waals surface area contributed by atoms with Gasteiger partial charge in [0.1, 0.15) is 0 Å². The highest BCUT2D eigenvalue weighted by molar-refractivity contribution is 6.42. The number of hydrogen-bond donors (Lipinski definition) is 2. The van der Waals surface area contributed by atoms with E-state index in [9.17, 15) is 4.79 Å². The summed E-state index contributed by atoms with van der Waals surface area (Å²) in [5.41, 5.74) is 2.11. The largest absolute Gasteiger partial charge is 0.392 e. The normalized spacial score (nSPS) is 10.8. The van der Waals surface area contributed by atoms with Crippen LogP contribution in [-0.2, 0) is 11.4 Å². The summed E-state index contributed by atoms with van der Waals surface area (Å²) in [6.07, 6.45) is 2.99. The van der Waals surface area contributed by atoms with Gasteiger partial charge in [-0.1, -0.05) is 47.5 Å². The molecule has 0 aliphatic heterocycles. The molecule has 0 bridgehead atoms. The average Bonchev–Trinajstić information content (AvgIpc) is 2.49. The Morgan fingerprint density at radius 2 is 1.86 bits per heavy atom. The number of halogens is 2. The van der Waals surface area contributed by atoms with Crippen LogP contribution in [0.4, 0.5) is 5.69 Å². The second-order valence-electron chi connectivity index (χ2n) is 4.32. The Morgan fingerprint density at radius 3 is 2.52 bits per heavy atom. The van der Waals surface area contributed by atoms with Crippen LogP contribution in [0.3, 0.4) is 0 Å². The molecule has 3 nitrogen and oxygen atoms in total. The second-order valence-corrected chi connectivity index (χ2v) is 5.11. The summed E-state index contributed by atoms with van der Waals surface area (Å²) >= 11 is 11.9. The molecule has 0 saturated carbocycles. The van der Waals surface area contributed by atoms with Crippen LogP contribution >= 0.6 is 23.2 Å². The van der Waals surface area contributed by atoms with Crippen molar-refractivity contribution in [3.63, 3.8) is 0 Å². The summed E-state index contributed by atoms with van der Waals surface area (Å²) < 4.78 is 0. The molecule has 0 radical (unpaired) electrons. The van der Waals surface area contributed by atoms with E-state index < -0.39 is 0 Å². The molecule has 108 valence electrons. The van der Waals surface area contributed by atoms with Crippen molar-refractivity contribution in [2.45, 2.75) is 6.61 Å². The molecule has 5 heteroatoms. The van der Waals surface area contributed by atoms with Crippen molar-refractivity contribution in [2.24, 2.45) is 0 Å². The fraction of sp³-hybridized carbons (Fsp3) is 0.0625. The number of anilines is 1. The minimum absolute atomic E-state index is 0.0264. The average molecular weight is 322 g/mol. The molecule has 0 aromatic heterocycles. The van der Waals surface area contributed by atoms with Gasteiger partial charge in [-0.05, 0) is 35.4 Å². The van der Waals surface area contributed by atoms with E-state index in [0.29, 0.717) is 21.3 Å². The monoisotopic (exact) mass is 321 g/mol. The summed E-state index contributed by atoms with van der Waals surface area (Å²) in [7, 11) is 0. The van der Waals surface area contributed by atoms with Crippen LogP contribution in [0, 0.1) is 0 Å². The fourth-order valence-electron chi connectivity index (χ4n) is 1.69. The quantitative estimate of drug-likeness (QED) is 0.831. The lowest BCUT2D eigenvalue weighted by Gasteiger charge is -2.03. The number of nitrogens with one attached hydrogen (secondary N) is 1. The van der Waals surface area contributed by atoms with Gasteiger partial charge < -0.3 is 10.4 Å². The van der Waals surface area contributed by atoms with Gasteiger partial charge in [0, 0.05) is 11.8 Å². The zero-order chi connectivity index (χ0) is 15.2. The van der Waals surface area contributed by atoms with Crippen LogP contribution < -0.4 is 5.32 Å².